The Bertz CT molecular complexity index is 1130. The van der Waals surface area contributed by atoms with Gasteiger partial charge in [-0.25, -0.2) is 0 Å². The molecule has 12 atom stereocenters. The summed E-state index contributed by atoms with van der Waals surface area (Å²) in [6.07, 6.45) is 19.7. The van der Waals surface area contributed by atoms with Gasteiger partial charge in [-0.3, -0.25) is 0 Å². The van der Waals surface area contributed by atoms with Gasteiger partial charge in [0.2, 0.25) is 0 Å². The number of anilines is 1. The Morgan fingerprint density at radius 2 is 1.51 bits per heavy atom. The van der Waals surface area contributed by atoms with Crippen LogP contribution in [0.15, 0.2) is 36.4 Å². The Kier molecular flexibility index (Phi) is 12.9. The standard InChI is InChI=1S/C35H55N.C9H18.C2H6/c1-22(18-27-10-12-29(36)13-11-27)8-9-24(3)30-14-15-31-33-25(4)20-28-19-23(2)16-17-34(28,6)32(33)21-26(5)35(30,31)7;1-8-6-4-5-7-9(8,2)3;1-2/h10-13,23-26,28,30-33H,1,8-9,14-21,36H2,2-7H3;8H,4-7H2,1-3H3;1-2H3. The van der Waals surface area contributed by atoms with Crippen molar-refractivity contribution < 1.29 is 0 Å². The van der Waals surface area contributed by atoms with Gasteiger partial charge in [-0.2, -0.15) is 0 Å². The topological polar surface area (TPSA) is 26.0 Å². The molecule has 12 unspecified atom stereocenters. The Labute approximate surface area is 294 Å². The predicted octanol–water partition coefficient (Wildman–Crippen LogP) is 13.8. The van der Waals surface area contributed by atoms with Gasteiger partial charge in [0.15, 0.2) is 0 Å². The molecular weight excluding hydrogens is 567 g/mol. The van der Waals surface area contributed by atoms with Gasteiger partial charge >= 0.3 is 0 Å². The molecule has 47 heavy (non-hydrogen) atoms. The van der Waals surface area contributed by atoms with Crippen LogP contribution in [0.5, 0.6) is 0 Å². The Balaban J connectivity index is 0.000000390. The van der Waals surface area contributed by atoms with Crippen molar-refractivity contribution in [2.45, 2.75) is 166 Å². The lowest BCUT2D eigenvalue weighted by Crippen LogP contribution is -2.58. The molecule has 0 radical (unpaired) electrons. The summed E-state index contributed by atoms with van der Waals surface area (Å²) < 4.78 is 0. The summed E-state index contributed by atoms with van der Waals surface area (Å²) >= 11 is 0. The molecule has 1 aromatic carbocycles. The van der Waals surface area contributed by atoms with Crippen LogP contribution in [0.25, 0.3) is 0 Å². The van der Waals surface area contributed by atoms with Crippen molar-refractivity contribution in [2.24, 2.45) is 75.4 Å². The summed E-state index contributed by atoms with van der Waals surface area (Å²) in [4.78, 5) is 0. The van der Waals surface area contributed by atoms with Crippen LogP contribution >= 0.6 is 0 Å². The maximum Gasteiger partial charge on any atom is 0.0314 e. The van der Waals surface area contributed by atoms with Crippen LogP contribution in [0.4, 0.5) is 5.69 Å². The van der Waals surface area contributed by atoms with E-state index in [1.54, 1.807) is 0 Å². The zero-order chi connectivity index (χ0) is 34.7. The highest BCUT2D eigenvalue weighted by Gasteiger charge is 2.64. The van der Waals surface area contributed by atoms with Crippen molar-refractivity contribution in [3.63, 3.8) is 0 Å². The number of nitrogens with two attached hydrogens (primary N) is 1. The van der Waals surface area contributed by atoms with Crippen molar-refractivity contribution in [1.29, 1.82) is 0 Å². The number of fused-ring (bicyclic) bond motifs is 5. The molecule has 5 fully saturated rings. The fourth-order valence-electron chi connectivity index (χ4n) is 12.5. The first-order chi connectivity index (χ1) is 22.2. The lowest BCUT2D eigenvalue weighted by Gasteiger charge is -2.65. The number of rotatable bonds is 6. The maximum atomic E-state index is 5.87. The second kappa shape index (κ2) is 15.8. The zero-order valence-electron chi connectivity index (χ0n) is 33.3. The average molecular weight is 646 g/mol. The highest BCUT2D eigenvalue weighted by Crippen LogP contribution is 2.71. The van der Waals surface area contributed by atoms with Crippen molar-refractivity contribution >= 4 is 5.69 Å². The Morgan fingerprint density at radius 3 is 2.13 bits per heavy atom. The van der Waals surface area contributed by atoms with Gasteiger partial charge in [-0.05, 0) is 157 Å². The van der Waals surface area contributed by atoms with Crippen LogP contribution in [0, 0.1) is 75.4 Å². The largest absolute Gasteiger partial charge is 0.399 e. The summed E-state index contributed by atoms with van der Waals surface area (Å²) in [6, 6.07) is 8.36. The van der Waals surface area contributed by atoms with E-state index in [0.29, 0.717) is 16.2 Å². The van der Waals surface area contributed by atoms with Crippen molar-refractivity contribution in [3.8, 4) is 0 Å². The Morgan fingerprint density at radius 1 is 0.830 bits per heavy atom. The number of nitrogen functional groups attached to an aromatic ring is 1. The van der Waals surface area contributed by atoms with Crippen LogP contribution in [0.2, 0.25) is 0 Å². The van der Waals surface area contributed by atoms with Gasteiger partial charge in [-0.1, -0.05) is 126 Å². The van der Waals surface area contributed by atoms with Gasteiger partial charge in [0.1, 0.15) is 0 Å². The highest BCUT2D eigenvalue weighted by molar-refractivity contribution is 5.40. The lowest BCUT2D eigenvalue weighted by atomic mass is 9.40. The van der Waals surface area contributed by atoms with E-state index in [0.717, 1.165) is 77.7 Å². The third-order valence-electron chi connectivity index (χ3n) is 16.1. The second-order valence-electron chi connectivity index (χ2n) is 19.1. The molecule has 6 rings (SSSR count). The molecule has 0 heterocycles. The summed E-state index contributed by atoms with van der Waals surface area (Å²) in [5, 5.41) is 0. The first kappa shape index (κ1) is 38.6. The normalized spacial score (nSPS) is 41.0. The molecule has 0 aromatic heterocycles. The Hall–Kier alpha value is -1.24. The molecular formula is C46H79N. The van der Waals surface area contributed by atoms with Crippen LogP contribution in [-0.2, 0) is 6.42 Å². The van der Waals surface area contributed by atoms with E-state index in [9.17, 15) is 0 Å². The minimum atomic E-state index is 0.526. The number of benzene rings is 1. The minimum Gasteiger partial charge on any atom is -0.399 e. The summed E-state index contributed by atoms with van der Waals surface area (Å²) in [6.45, 7) is 31.6. The van der Waals surface area contributed by atoms with Crippen molar-refractivity contribution in [1.82, 2.24) is 0 Å². The summed E-state index contributed by atoms with van der Waals surface area (Å²) in [5.41, 5.74) is 11.2. The van der Waals surface area contributed by atoms with Crippen LogP contribution < -0.4 is 5.73 Å². The third-order valence-corrected chi connectivity index (χ3v) is 16.1. The van der Waals surface area contributed by atoms with Gasteiger partial charge < -0.3 is 5.73 Å². The quantitative estimate of drug-likeness (QED) is 0.242. The summed E-state index contributed by atoms with van der Waals surface area (Å²) in [5.74, 6) is 9.23. The van der Waals surface area contributed by atoms with Crippen LogP contribution in [0.1, 0.15) is 165 Å². The molecule has 2 N–H and O–H groups in total. The molecule has 5 aliphatic carbocycles. The highest BCUT2D eigenvalue weighted by atomic mass is 14.7. The van der Waals surface area contributed by atoms with Crippen molar-refractivity contribution in [2.75, 3.05) is 5.73 Å². The van der Waals surface area contributed by atoms with E-state index in [1.165, 1.54) is 88.2 Å². The SMILES string of the molecule is C=C(CCC(C)C1CCC2C3C(C)CC4CC(C)CCC4(C)C3CC(C)C12C)Cc1ccc(N)cc1.CC.CC1CCCCC1(C)C. The summed E-state index contributed by atoms with van der Waals surface area (Å²) in [7, 11) is 0. The minimum absolute atomic E-state index is 0.526. The monoisotopic (exact) mass is 646 g/mol. The molecule has 5 aliphatic rings. The third kappa shape index (κ3) is 8.06. The molecule has 0 bridgehead atoms. The number of hydrogen-bond acceptors (Lipinski definition) is 1. The molecule has 1 aromatic rings. The van der Waals surface area contributed by atoms with E-state index < -0.39 is 0 Å². The van der Waals surface area contributed by atoms with E-state index in [1.807, 2.05) is 26.0 Å². The molecule has 0 aliphatic heterocycles. The van der Waals surface area contributed by atoms with E-state index in [4.69, 9.17) is 5.73 Å². The van der Waals surface area contributed by atoms with Crippen molar-refractivity contribution in [3.05, 3.63) is 42.0 Å². The fraction of sp³-hybridized carbons (Fsp3) is 0.826. The van der Waals surface area contributed by atoms with Gasteiger partial charge in [-0.15, -0.1) is 0 Å². The van der Waals surface area contributed by atoms with E-state index in [2.05, 4.69) is 81.0 Å². The van der Waals surface area contributed by atoms with E-state index in [-0.39, 0.29) is 0 Å². The maximum absolute atomic E-state index is 5.87. The number of hydrogen-bond donors (Lipinski definition) is 1. The predicted molar refractivity (Wildman–Crippen MR) is 208 cm³/mol. The molecule has 1 nitrogen and oxygen atoms in total. The second-order valence-corrected chi connectivity index (χ2v) is 19.1. The fourth-order valence-corrected chi connectivity index (χ4v) is 12.5. The number of allylic oxidation sites excluding steroid dienone is 1. The molecule has 268 valence electrons. The first-order valence-electron chi connectivity index (χ1n) is 20.7. The van der Waals surface area contributed by atoms with Crippen LogP contribution in [-0.4, -0.2) is 0 Å². The molecule has 0 saturated heterocycles. The average Bonchev–Trinajstić information content (AvgIpc) is 3.39. The molecule has 1 heteroatoms. The zero-order valence-corrected chi connectivity index (χ0v) is 33.3. The lowest BCUT2D eigenvalue weighted by molar-refractivity contribution is -0.162. The smallest absolute Gasteiger partial charge is 0.0314 e. The van der Waals surface area contributed by atoms with Gasteiger partial charge in [0, 0.05) is 5.69 Å². The van der Waals surface area contributed by atoms with Gasteiger partial charge in [0.25, 0.3) is 0 Å². The molecule has 0 amide bonds. The van der Waals surface area contributed by atoms with E-state index >= 15 is 0 Å². The van der Waals surface area contributed by atoms with Crippen LogP contribution in [0.3, 0.4) is 0 Å². The van der Waals surface area contributed by atoms with Gasteiger partial charge in [0.05, 0.1) is 0 Å². The molecule has 0 spiro atoms. The first-order valence-corrected chi connectivity index (χ1v) is 20.7. The molecule has 5 saturated carbocycles.